The Morgan fingerprint density at radius 2 is 1.93 bits per heavy atom. The van der Waals surface area contributed by atoms with Crippen LogP contribution in [0.25, 0.3) is 0 Å². The summed E-state index contributed by atoms with van der Waals surface area (Å²) >= 11 is 2.37. The largest absolute Gasteiger partial charge is 0.313 e. The van der Waals surface area contributed by atoms with Crippen molar-refractivity contribution in [3.63, 3.8) is 0 Å². The van der Waals surface area contributed by atoms with Crippen LogP contribution >= 0.6 is 22.6 Å². The average molecular weight is 317 g/mol. The summed E-state index contributed by atoms with van der Waals surface area (Å²) in [5, 5.41) is 3.44. The van der Waals surface area contributed by atoms with Crippen LogP contribution in [0.3, 0.4) is 0 Å². The van der Waals surface area contributed by atoms with Gasteiger partial charge in [0.15, 0.2) is 0 Å². The minimum atomic E-state index is 0.495. The second kappa shape index (κ2) is 6.48. The second-order valence-corrected chi connectivity index (χ2v) is 5.14. The Balaban J connectivity index is 2.90. The maximum Gasteiger partial charge on any atom is 0.0346 e. The smallest absolute Gasteiger partial charge is 0.0346 e. The summed E-state index contributed by atoms with van der Waals surface area (Å²) in [6, 6.07) is 9.28. The molecule has 0 fully saturated rings. The summed E-state index contributed by atoms with van der Waals surface area (Å²) in [6.45, 7) is 4.54. The van der Waals surface area contributed by atoms with Gasteiger partial charge in [0.1, 0.15) is 0 Å². The Bertz CT molecular complexity index is 294. The molecular formula is C13H20IN. The molecule has 15 heavy (non-hydrogen) atoms. The Morgan fingerprint density at radius 1 is 1.27 bits per heavy atom. The SMILES string of the molecule is CCC(CC)C(NC)c1cccc(I)c1. The van der Waals surface area contributed by atoms with Crippen LogP contribution in [0, 0.1) is 9.49 Å². The summed E-state index contributed by atoms with van der Waals surface area (Å²) < 4.78 is 1.32. The van der Waals surface area contributed by atoms with Crippen molar-refractivity contribution in [2.45, 2.75) is 32.7 Å². The molecule has 0 aliphatic carbocycles. The van der Waals surface area contributed by atoms with Crippen LogP contribution in [-0.4, -0.2) is 7.05 Å². The van der Waals surface area contributed by atoms with Gasteiger partial charge in [-0.25, -0.2) is 0 Å². The standard InChI is InChI=1S/C13H20IN/c1-4-10(5-2)13(15-3)11-7-6-8-12(14)9-11/h6-10,13,15H,4-5H2,1-3H3. The van der Waals surface area contributed by atoms with E-state index in [0.717, 1.165) is 5.92 Å². The minimum absolute atomic E-state index is 0.495. The molecule has 1 atom stereocenters. The molecule has 1 rings (SSSR count). The Hall–Kier alpha value is -0.0900. The molecule has 0 bridgehead atoms. The molecule has 0 aromatic heterocycles. The van der Waals surface area contributed by atoms with Gasteiger partial charge in [-0.05, 0) is 53.3 Å². The Kier molecular flexibility index (Phi) is 5.61. The molecule has 0 amide bonds. The summed E-state index contributed by atoms with van der Waals surface area (Å²) in [6.07, 6.45) is 2.46. The normalized spacial score (nSPS) is 13.1. The van der Waals surface area contributed by atoms with Gasteiger partial charge in [-0.2, -0.15) is 0 Å². The molecule has 2 heteroatoms. The summed E-state index contributed by atoms with van der Waals surface area (Å²) in [5.74, 6) is 0.730. The van der Waals surface area contributed by atoms with E-state index in [1.807, 2.05) is 0 Å². The highest BCUT2D eigenvalue weighted by atomic mass is 127. The number of hydrogen-bond acceptors (Lipinski definition) is 1. The first-order chi connectivity index (χ1) is 7.22. The molecule has 0 spiro atoms. The van der Waals surface area contributed by atoms with Crippen LogP contribution in [0.5, 0.6) is 0 Å². The third-order valence-corrected chi connectivity index (χ3v) is 3.71. The molecule has 0 saturated carbocycles. The molecular weight excluding hydrogens is 297 g/mol. The van der Waals surface area contributed by atoms with Crippen molar-refractivity contribution in [3.8, 4) is 0 Å². The van der Waals surface area contributed by atoms with E-state index in [-0.39, 0.29) is 0 Å². The van der Waals surface area contributed by atoms with E-state index in [4.69, 9.17) is 0 Å². The van der Waals surface area contributed by atoms with Gasteiger partial charge in [0.2, 0.25) is 0 Å². The minimum Gasteiger partial charge on any atom is -0.313 e. The first kappa shape index (κ1) is 13.0. The van der Waals surface area contributed by atoms with E-state index in [0.29, 0.717) is 6.04 Å². The average Bonchev–Trinajstić information content (AvgIpc) is 2.25. The Morgan fingerprint density at radius 3 is 2.40 bits per heavy atom. The van der Waals surface area contributed by atoms with Gasteiger partial charge in [0.25, 0.3) is 0 Å². The molecule has 1 N–H and O–H groups in total. The number of hydrogen-bond donors (Lipinski definition) is 1. The third-order valence-electron chi connectivity index (χ3n) is 3.04. The molecule has 1 aromatic rings. The topological polar surface area (TPSA) is 12.0 Å². The number of benzene rings is 1. The van der Waals surface area contributed by atoms with Crippen LogP contribution in [-0.2, 0) is 0 Å². The number of nitrogens with one attached hydrogen (secondary N) is 1. The fourth-order valence-electron chi connectivity index (χ4n) is 2.13. The van der Waals surface area contributed by atoms with Gasteiger partial charge in [-0.1, -0.05) is 38.8 Å². The molecule has 1 nitrogen and oxygen atoms in total. The van der Waals surface area contributed by atoms with Gasteiger partial charge >= 0.3 is 0 Å². The van der Waals surface area contributed by atoms with Gasteiger partial charge < -0.3 is 5.32 Å². The van der Waals surface area contributed by atoms with Crippen molar-refractivity contribution < 1.29 is 0 Å². The van der Waals surface area contributed by atoms with Crippen molar-refractivity contribution in [1.82, 2.24) is 5.32 Å². The van der Waals surface area contributed by atoms with E-state index in [9.17, 15) is 0 Å². The zero-order valence-electron chi connectivity index (χ0n) is 9.76. The van der Waals surface area contributed by atoms with Gasteiger partial charge in [-0.15, -0.1) is 0 Å². The third kappa shape index (κ3) is 3.45. The molecule has 84 valence electrons. The highest BCUT2D eigenvalue weighted by molar-refractivity contribution is 14.1. The molecule has 1 aromatic carbocycles. The van der Waals surface area contributed by atoms with Crippen molar-refractivity contribution in [2.75, 3.05) is 7.05 Å². The maximum atomic E-state index is 3.44. The fraction of sp³-hybridized carbons (Fsp3) is 0.538. The van der Waals surface area contributed by atoms with E-state index >= 15 is 0 Å². The fourth-order valence-corrected chi connectivity index (χ4v) is 2.70. The van der Waals surface area contributed by atoms with Gasteiger partial charge in [0.05, 0.1) is 0 Å². The highest BCUT2D eigenvalue weighted by Crippen LogP contribution is 2.27. The van der Waals surface area contributed by atoms with E-state index in [2.05, 4.69) is 73.1 Å². The first-order valence-corrected chi connectivity index (χ1v) is 6.73. The lowest BCUT2D eigenvalue weighted by Gasteiger charge is -2.25. The van der Waals surface area contributed by atoms with E-state index in [1.165, 1.54) is 22.0 Å². The number of halogens is 1. The van der Waals surface area contributed by atoms with E-state index < -0.39 is 0 Å². The Labute approximate surface area is 107 Å². The van der Waals surface area contributed by atoms with Crippen molar-refractivity contribution in [1.29, 1.82) is 0 Å². The predicted octanol–water partition coefficient (Wildman–Crippen LogP) is 3.99. The quantitative estimate of drug-likeness (QED) is 0.810. The number of rotatable bonds is 5. The predicted molar refractivity (Wildman–Crippen MR) is 75.0 cm³/mol. The summed E-state index contributed by atoms with van der Waals surface area (Å²) in [4.78, 5) is 0. The van der Waals surface area contributed by atoms with Crippen LogP contribution in [0.2, 0.25) is 0 Å². The van der Waals surface area contributed by atoms with Crippen molar-refractivity contribution in [2.24, 2.45) is 5.92 Å². The van der Waals surface area contributed by atoms with Crippen LogP contribution < -0.4 is 5.32 Å². The van der Waals surface area contributed by atoms with Crippen LogP contribution in [0.4, 0.5) is 0 Å². The monoisotopic (exact) mass is 317 g/mol. The summed E-state index contributed by atoms with van der Waals surface area (Å²) in [7, 11) is 2.06. The lowest BCUT2D eigenvalue weighted by atomic mass is 9.89. The molecule has 0 heterocycles. The lowest BCUT2D eigenvalue weighted by molar-refractivity contribution is 0.359. The van der Waals surface area contributed by atoms with Crippen molar-refractivity contribution >= 4 is 22.6 Å². The van der Waals surface area contributed by atoms with E-state index in [1.54, 1.807) is 0 Å². The van der Waals surface area contributed by atoms with Crippen LogP contribution in [0.15, 0.2) is 24.3 Å². The lowest BCUT2D eigenvalue weighted by Crippen LogP contribution is -2.24. The molecule has 0 aliphatic heterocycles. The zero-order valence-corrected chi connectivity index (χ0v) is 11.9. The summed E-state index contributed by atoms with van der Waals surface area (Å²) in [5.41, 5.74) is 1.41. The van der Waals surface area contributed by atoms with Gasteiger partial charge in [0, 0.05) is 9.61 Å². The highest BCUT2D eigenvalue weighted by Gasteiger charge is 2.18. The molecule has 1 unspecified atom stereocenters. The molecule has 0 aliphatic rings. The van der Waals surface area contributed by atoms with Crippen LogP contribution in [0.1, 0.15) is 38.3 Å². The molecule has 0 saturated heterocycles. The maximum absolute atomic E-state index is 3.44. The molecule has 0 radical (unpaired) electrons. The first-order valence-electron chi connectivity index (χ1n) is 5.65. The van der Waals surface area contributed by atoms with Crippen molar-refractivity contribution in [3.05, 3.63) is 33.4 Å². The van der Waals surface area contributed by atoms with Gasteiger partial charge in [-0.3, -0.25) is 0 Å². The zero-order chi connectivity index (χ0) is 11.3. The second-order valence-electron chi connectivity index (χ2n) is 3.90.